The van der Waals surface area contributed by atoms with Crippen LogP contribution in [0, 0.1) is 0 Å². The summed E-state index contributed by atoms with van der Waals surface area (Å²) in [5.74, 6) is -1.07. The Kier molecular flexibility index (Phi) is 45.8. The Morgan fingerprint density at radius 2 is 0.667 bits per heavy atom. The van der Waals surface area contributed by atoms with Crippen LogP contribution in [0.15, 0.2) is 158 Å². The summed E-state index contributed by atoms with van der Waals surface area (Å²) in [4.78, 5) is 37.9. The van der Waals surface area contributed by atoms with Gasteiger partial charge in [0.2, 0.25) is 0 Å². The highest BCUT2D eigenvalue weighted by molar-refractivity contribution is 5.71. The molecule has 0 aliphatic carbocycles. The van der Waals surface area contributed by atoms with Crippen LogP contribution < -0.4 is 0 Å². The number of allylic oxidation sites excluding steroid dienone is 26. The van der Waals surface area contributed by atoms with Crippen molar-refractivity contribution in [2.75, 3.05) is 13.2 Å². The maximum Gasteiger partial charge on any atom is 0.306 e. The van der Waals surface area contributed by atoms with E-state index < -0.39 is 6.10 Å². The Morgan fingerprint density at radius 3 is 1.14 bits per heavy atom. The predicted molar refractivity (Wildman–Crippen MR) is 269 cm³/mol. The van der Waals surface area contributed by atoms with E-state index in [0.717, 1.165) is 109 Å². The first-order chi connectivity index (χ1) is 31.0. The van der Waals surface area contributed by atoms with Crippen LogP contribution in [0.1, 0.15) is 162 Å². The monoisotopic (exact) mass is 865 g/mol. The highest BCUT2D eigenvalue weighted by atomic mass is 16.6. The van der Waals surface area contributed by atoms with Crippen LogP contribution in [0.2, 0.25) is 0 Å². The second-order valence-corrected chi connectivity index (χ2v) is 15.1. The quantitative estimate of drug-likeness (QED) is 0.0201. The molecule has 0 aromatic carbocycles. The van der Waals surface area contributed by atoms with Crippen LogP contribution in [0.3, 0.4) is 0 Å². The lowest BCUT2D eigenvalue weighted by atomic mass is 10.1. The van der Waals surface area contributed by atoms with E-state index in [1.54, 1.807) is 0 Å². The van der Waals surface area contributed by atoms with Crippen molar-refractivity contribution in [3.63, 3.8) is 0 Å². The first-order valence-corrected chi connectivity index (χ1v) is 24.1. The van der Waals surface area contributed by atoms with Crippen LogP contribution in [-0.4, -0.2) is 37.2 Å². The highest BCUT2D eigenvalue weighted by Crippen LogP contribution is 2.11. The lowest BCUT2D eigenvalue weighted by Crippen LogP contribution is -2.30. The van der Waals surface area contributed by atoms with Gasteiger partial charge in [-0.15, -0.1) is 0 Å². The van der Waals surface area contributed by atoms with Crippen molar-refractivity contribution in [1.29, 1.82) is 0 Å². The van der Waals surface area contributed by atoms with E-state index in [0.29, 0.717) is 12.8 Å². The van der Waals surface area contributed by atoms with Crippen LogP contribution >= 0.6 is 0 Å². The van der Waals surface area contributed by atoms with Gasteiger partial charge in [-0.2, -0.15) is 0 Å². The molecule has 6 nitrogen and oxygen atoms in total. The summed E-state index contributed by atoms with van der Waals surface area (Å²) in [7, 11) is 0. The molecule has 0 fully saturated rings. The zero-order valence-electron chi connectivity index (χ0n) is 39.5. The Bertz CT molecular complexity index is 1510. The number of hydrogen-bond donors (Lipinski definition) is 0. The van der Waals surface area contributed by atoms with Gasteiger partial charge in [-0.05, 0) is 96.3 Å². The van der Waals surface area contributed by atoms with Gasteiger partial charge in [0.25, 0.3) is 0 Å². The predicted octanol–water partition coefficient (Wildman–Crippen LogP) is 15.9. The summed E-state index contributed by atoms with van der Waals surface area (Å²) >= 11 is 0. The van der Waals surface area contributed by atoms with Gasteiger partial charge in [0.05, 0.1) is 0 Å². The largest absolute Gasteiger partial charge is 0.462 e. The summed E-state index contributed by atoms with van der Waals surface area (Å²) in [5.41, 5.74) is 0. The van der Waals surface area contributed by atoms with E-state index in [9.17, 15) is 14.4 Å². The smallest absolute Gasteiger partial charge is 0.306 e. The van der Waals surface area contributed by atoms with Gasteiger partial charge in [0.15, 0.2) is 6.10 Å². The molecule has 0 N–H and O–H groups in total. The number of hydrogen-bond acceptors (Lipinski definition) is 6. The van der Waals surface area contributed by atoms with E-state index in [1.807, 2.05) is 60.8 Å². The third-order valence-corrected chi connectivity index (χ3v) is 9.20. The number of carbonyl (C=O) groups excluding carboxylic acids is 3. The molecule has 0 rings (SSSR count). The van der Waals surface area contributed by atoms with Crippen molar-refractivity contribution in [1.82, 2.24) is 0 Å². The van der Waals surface area contributed by atoms with Gasteiger partial charge < -0.3 is 14.2 Å². The molecular weight excluding hydrogens is 781 g/mol. The molecule has 0 spiro atoms. The number of rotatable bonds is 40. The van der Waals surface area contributed by atoms with Gasteiger partial charge in [0.1, 0.15) is 13.2 Å². The fraction of sp³-hybridized carbons (Fsp3) is 0.491. The van der Waals surface area contributed by atoms with E-state index >= 15 is 0 Å². The summed E-state index contributed by atoms with van der Waals surface area (Å²) in [6, 6.07) is 0. The average Bonchev–Trinajstić information content (AvgIpc) is 3.28. The zero-order chi connectivity index (χ0) is 45.8. The topological polar surface area (TPSA) is 78.9 Å². The molecule has 63 heavy (non-hydrogen) atoms. The minimum atomic E-state index is -0.837. The van der Waals surface area contributed by atoms with E-state index in [2.05, 4.69) is 118 Å². The average molecular weight is 865 g/mol. The Balaban J connectivity index is 4.63. The molecule has 1 atom stereocenters. The summed E-state index contributed by atoms with van der Waals surface area (Å²) in [6.45, 7) is 6.10. The SMILES string of the molecule is CC\C=C/C=C\C=C/C=C\CCCCCCCC(=O)OC(COC(=O)CCC/C=C\C/C=C\C/C=C\C/C=C\C/C=C\CC)COC(=O)CCCCC\C=C/C=C\C=C/C=C\CC. The normalized spacial score (nSPS) is 13.5. The summed E-state index contributed by atoms with van der Waals surface area (Å²) < 4.78 is 16.6. The molecule has 0 aliphatic heterocycles. The molecule has 6 heteroatoms. The molecule has 0 bridgehead atoms. The van der Waals surface area contributed by atoms with Crippen molar-refractivity contribution in [2.24, 2.45) is 0 Å². The molecule has 0 amide bonds. The summed E-state index contributed by atoms with van der Waals surface area (Å²) in [6.07, 6.45) is 72.3. The number of esters is 3. The van der Waals surface area contributed by atoms with Crippen molar-refractivity contribution >= 4 is 17.9 Å². The van der Waals surface area contributed by atoms with Gasteiger partial charge >= 0.3 is 17.9 Å². The standard InChI is InChI=1S/C57H84O6/c1-4-7-10-13-16-19-22-25-27-28-30-32-35-38-41-44-47-50-56(59)62-53-54(52-61-55(58)49-46-43-40-37-34-31-24-21-18-15-12-9-6-3)63-57(60)51-48-45-42-39-36-33-29-26-23-20-17-14-11-8-5-2/h7-12,14-21,23-27,29-32,34,38,41,54H,4-6,13,22,28,33,35-37,39-40,42-53H2,1-3H3/b10-7-,11-8-,12-9-,17-14-,18-15-,19-16-,23-20-,24-21-,27-25-,29-26-,32-30-,34-31-,41-38-. The van der Waals surface area contributed by atoms with Crippen molar-refractivity contribution in [3.8, 4) is 0 Å². The van der Waals surface area contributed by atoms with Gasteiger partial charge in [-0.25, -0.2) is 0 Å². The fourth-order valence-electron chi connectivity index (χ4n) is 5.67. The van der Waals surface area contributed by atoms with Crippen molar-refractivity contribution < 1.29 is 28.6 Å². The molecule has 0 aromatic rings. The van der Waals surface area contributed by atoms with Crippen LogP contribution in [0.5, 0.6) is 0 Å². The van der Waals surface area contributed by atoms with E-state index in [4.69, 9.17) is 14.2 Å². The Labute approximate surface area is 384 Å². The second kappa shape index (κ2) is 49.7. The van der Waals surface area contributed by atoms with Crippen molar-refractivity contribution in [2.45, 2.75) is 168 Å². The van der Waals surface area contributed by atoms with Crippen LogP contribution in [-0.2, 0) is 28.6 Å². The first kappa shape index (κ1) is 58.0. The minimum Gasteiger partial charge on any atom is -0.462 e. The molecule has 0 aromatic heterocycles. The maximum atomic E-state index is 12.8. The van der Waals surface area contributed by atoms with Crippen LogP contribution in [0.25, 0.3) is 0 Å². The lowest BCUT2D eigenvalue weighted by Gasteiger charge is -2.18. The lowest BCUT2D eigenvalue weighted by molar-refractivity contribution is -0.167. The number of ether oxygens (including phenoxy) is 3. The van der Waals surface area contributed by atoms with Gasteiger partial charge in [0, 0.05) is 19.3 Å². The van der Waals surface area contributed by atoms with E-state index in [1.165, 1.54) is 0 Å². The summed E-state index contributed by atoms with van der Waals surface area (Å²) in [5, 5.41) is 0. The van der Waals surface area contributed by atoms with Crippen molar-refractivity contribution in [3.05, 3.63) is 158 Å². The molecule has 0 saturated heterocycles. The third-order valence-electron chi connectivity index (χ3n) is 9.20. The van der Waals surface area contributed by atoms with Crippen LogP contribution in [0.4, 0.5) is 0 Å². The molecule has 0 radical (unpaired) electrons. The third kappa shape index (κ3) is 47.9. The molecule has 0 heterocycles. The Morgan fingerprint density at radius 1 is 0.333 bits per heavy atom. The number of unbranched alkanes of at least 4 members (excludes halogenated alkanes) is 9. The number of carbonyl (C=O) groups is 3. The zero-order valence-corrected chi connectivity index (χ0v) is 39.5. The maximum absolute atomic E-state index is 12.8. The molecule has 0 aliphatic rings. The Hall–Kier alpha value is -4.97. The second-order valence-electron chi connectivity index (χ2n) is 15.1. The van der Waals surface area contributed by atoms with Gasteiger partial charge in [-0.3, -0.25) is 14.4 Å². The van der Waals surface area contributed by atoms with Gasteiger partial charge in [-0.1, -0.05) is 204 Å². The molecule has 348 valence electrons. The molecular formula is C57H84O6. The minimum absolute atomic E-state index is 0.134. The van der Waals surface area contributed by atoms with E-state index in [-0.39, 0.29) is 50.4 Å². The highest BCUT2D eigenvalue weighted by Gasteiger charge is 2.19. The first-order valence-electron chi connectivity index (χ1n) is 24.1. The fourth-order valence-corrected chi connectivity index (χ4v) is 5.67. The molecule has 0 saturated carbocycles. The molecule has 1 unspecified atom stereocenters.